The molecule has 2 rings (SSSR count). The molecule has 1 atom stereocenters. The lowest BCUT2D eigenvalue weighted by Crippen LogP contribution is -2.61. The van der Waals surface area contributed by atoms with Crippen LogP contribution in [0.1, 0.15) is 26.7 Å². The number of carbonyl (C=O) groups excluding carboxylic acids is 1. The molecule has 0 saturated carbocycles. The lowest BCUT2D eigenvalue weighted by molar-refractivity contribution is -0.146. The second-order valence-electron chi connectivity index (χ2n) is 4.31. The first-order chi connectivity index (χ1) is 6.20. The van der Waals surface area contributed by atoms with Gasteiger partial charge in [-0.05, 0) is 26.7 Å². The van der Waals surface area contributed by atoms with Crippen LogP contribution in [0.2, 0.25) is 0 Å². The van der Waals surface area contributed by atoms with Gasteiger partial charge < -0.3 is 4.90 Å². The molecule has 0 spiro atoms. The van der Waals surface area contributed by atoms with Crippen molar-refractivity contribution >= 4 is 5.91 Å². The summed E-state index contributed by atoms with van der Waals surface area (Å²) in [6, 6.07) is 0.726. The third kappa shape index (κ3) is 1.46. The van der Waals surface area contributed by atoms with Crippen LogP contribution in [0, 0.1) is 0 Å². The number of carbonyl (C=O) groups is 1. The van der Waals surface area contributed by atoms with Gasteiger partial charge in [0.25, 0.3) is 0 Å². The summed E-state index contributed by atoms with van der Waals surface area (Å²) in [5, 5.41) is 0. The van der Waals surface area contributed by atoms with Gasteiger partial charge in [0.05, 0.1) is 6.04 Å². The average Bonchev–Trinajstić information content (AvgIpc) is 1.76. The Labute approximate surface area is 79.7 Å². The standard InChI is InChI=1S/C10H18N2O/c1-8(2)12-7-4-9(12)10(13)11-5-3-6-11/h8-9H,3-7H2,1-2H3. The van der Waals surface area contributed by atoms with Gasteiger partial charge in [-0.25, -0.2) is 0 Å². The van der Waals surface area contributed by atoms with Crippen molar-refractivity contribution in [1.82, 2.24) is 9.80 Å². The SMILES string of the molecule is CC(C)N1CCC1C(=O)N1CCC1. The van der Waals surface area contributed by atoms with Gasteiger partial charge in [0.2, 0.25) is 5.91 Å². The predicted octanol–water partition coefficient (Wildman–Crippen LogP) is 0.701. The van der Waals surface area contributed by atoms with Crippen molar-refractivity contribution in [3.63, 3.8) is 0 Å². The molecular formula is C10H18N2O. The molecule has 0 N–H and O–H groups in total. The molecule has 0 radical (unpaired) electrons. The summed E-state index contributed by atoms with van der Waals surface area (Å²) in [7, 11) is 0. The number of amides is 1. The Kier molecular flexibility index (Phi) is 2.28. The van der Waals surface area contributed by atoms with Gasteiger partial charge in [0.1, 0.15) is 0 Å². The highest BCUT2D eigenvalue weighted by atomic mass is 16.2. The van der Waals surface area contributed by atoms with Gasteiger partial charge >= 0.3 is 0 Å². The minimum absolute atomic E-state index is 0.209. The maximum absolute atomic E-state index is 11.8. The van der Waals surface area contributed by atoms with E-state index < -0.39 is 0 Å². The van der Waals surface area contributed by atoms with Crippen molar-refractivity contribution in [2.75, 3.05) is 19.6 Å². The minimum Gasteiger partial charge on any atom is -0.341 e. The zero-order chi connectivity index (χ0) is 9.42. The van der Waals surface area contributed by atoms with Crippen LogP contribution in [0.15, 0.2) is 0 Å². The predicted molar refractivity (Wildman–Crippen MR) is 51.4 cm³/mol. The van der Waals surface area contributed by atoms with Crippen molar-refractivity contribution in [3.8, 4) is 0 Å². The molecule has 2 heterocycles. The highest BCUT2D eigenvalue weighted by Crippen LogP contribution is 2.24. The Bertz CT molecular complexity index is 211. The zero-order valence-electron chi connectivity index (χ0n) is 8.49. The molecule has 3 nitrogen and oxygen atoms in total. The quantitative estimate of drug-likeness (QED) is 0.627. The van der Waals surface area contributed by atoms with E-state index in [4.69, 9.17) is 0 Å². The molecule has 1 unspecified atom stereocenters. The third-order valence-corrected chi connectivity index (χ3v) is 3.18. The van der Waals surface area contributed by atoms with Crippen LogP contribution >= 0.6 is 0 Å². The number of rotatable bonds is 2. The molecule has 0 aromatic heterocycles. The first-order valence-electron chi connectivity index (χ1n) is 5.24. The maximum Gasteiger partial charge on any atom is 0.239 e. The molecule has 0 aliphatic carbocycles. The summed E-state index contributed by atoms with van der Waals surface area (Å²) < 4.78 is 0. The van der Waals surface area contributed by atoms with Crippen LogP contribution in [0.25, 0.3) is 0 Å². The maximum atomic E-state index is 11.8. The monoisotopic (exact) mass is 182 g/mol. The molecule has 0 bridgehead atoms. The van der Waals surface area contributed by atoms with Crippen molar-refractivity contribution in [1.29, 1.82) is 0 Å². The van der Waals surface area contributed by atoms with Gasteiger partial charge in [0, 0.05) is 25.7 Å². The van der Waals surface area contributed by atoms with Crippen molar-refractivity contribution < 1.29 is 4.79 Å². The van der Waals surface area contributed by atoms with Gasteiger partial charge in [0.15, 0.2) is 0 Å². The Balaban J connectivity index is 1.89. The number of hydrogen-bond donors (Lipinski definition) is 0. The molecule has 3 heteroatoms. The molecule has 2 aliphatic heterocycles. The number of nitrogens with zero attached hydrogens (tertiary/aromatic N) is 2. The fourth-order valence-corrected chi connectivity index (χ4v) is 2.04. The highest BCUT2D eigenvalue weighted by molar-refractivity contribution is 5.83. The average molecular weight is 182 g/mol. The van der Waals surface area contributed by atoms with Crippen LogP contribution in [0.5, 0.6) is 0 Å². The smallest absolute Gasteiger partial charge is 0.239 e. The van der Waals surface area contributed by atoms with Crippen LogP contribution < -0.4 is 0 Å². The van der Waals surface area contributed by atoms with E-state index in [0.29, 0.717) is 11.9 Å². The summed E-state index contributed by atoms with van der Waals surface area (Å²) in [5.41, 5.74) is 0. The van der Waals surface area contributed by atoms with E-state index in [2.05, 4.69) is 18.7 Å². The van der Waals surface area contributed by atoms with Crippen LogP contribution in [0.4, 0.5) is 0 Å². The molecule has 1 amide bonds. The molecule has 13 heavy (non-hydrogen) atoms. The van der Waals surface area contributed by atoms with E-state index in [0.717, 1.165) is 26.1 Å². The molecule has 2 saturated heterocycles. The molecule has 2 fully saturated rings. The van der Waals surface area contributed by atoms with Crippen molar-refractivity contribution in [2.45, 2.75) is 38.8 Å². The lowest BCUT2D eigenvalue weighted by atomic mass is 9.98. The first-order valence-corrected chi connectivity index (χ1v) is 5.24. The second kappa shape index (κ2) is 3.29. The van der Waals surface area contributed by atoms with Crippen LogP contribution in [0.3, 0.4) is 0 Å². The normalized spacial score (nSPS) is 28.5. The molecular weight excluding hydrogens is 164 g/mol. The van der Waals surface area contributed by atoms with E-state index in [1.807, 2.05) is 4.90 Å². The van der Waals surface area contributed by atoms with E-state index in [1.54, 1.807) is 0 Å². The fraction of sp³-hybridized carbons (Fsp3) is 0.900. The largest absolute Gasteiger partial charge is 0.341 e. The highest BCUT2D eigenvalue weighted by Gasteiger charge is 2.39. The summed E-state index contributed by atoms with van der Waals surface area (Å²) >= 11 is 0. The van der Waals surface area contributed by atoms with Gasteiger partial charge in [-0.1, -0.05) is 0 Å². The van der Waals surface area contributed by atoms with Gasteiger partial charge in [-0.15, -0.1) is 0 Å². The minimum atomic E-state index is 0.209. The number of hydrogen-bond acceptors (Lipinski definition) is 2. The topological polar surface area (TPSA) is 23.6 Å². The first kappa shape index (κ1) is 9.00. The summed E-state index contributed by atoms with van der Waals surface area (Å²) in [6.07, 6.45) is 2.26. The Hall–Kier alpha value is -0.570. The van der Waals surface area contributed by atoms with Crippen molar-refractivity contribution in [2.24, 2.45) is 0 Å². The van der Waals surface area contributed by atoms with E-state index in [1.165, 1.54) is 6.42 Å². The van der Waals surface area contributed by atoms with Crippen LogP contribution in [-0.2, 0) is 4.79 Å². The molecule has 74 valence electrons. The van der Waals surface area contributed by atoms with E-state index in [-0.39, 0.29) is 6.04 Å². The molecule has 0 aromatic carbocycles. The fourth-order valence-electron chi connectivity index (χ4n) is 2.04. The van der Waals surface area contributed by atoms with Gasteiger partial charge in [-0.2, -0.15) is 0 Å². The number of likely N-dealkylation sites (tertiary alicyclic amines) is 2. The zero-order valence-corrected chi connectivity index (χ0v) is 8.49. The van der Waals surface area contributed by atoms with Gasteiger partial charge in [-0.3, -0.25) is 9.69 Å². The van der Waals surface area contributed by atoms with E-state index in [9.17, 15) is 4.79 Å². The second-order valence-corrected chi connectivity index (χ2v) is 4.31. The summed E-state index contributed by atoms with van der Waals surface area (Å²) in [6.45, 7) is 7.40. The van der Waals surface area contributed by atoms with Crippen molar-refractivity contribution in [3.05, 3.63) is 0 Å². The third-order valence-electron chi connectivity index (χ3n) is 3.18. The Morgan fingerprint density at radius 2 is 2.00 bits per heavy atom. The molecule has 0 aromatic rings. The summed E-state index contributed by atoms with van der Waals surface area (Å²) in [5.74, 6) is 0.367. The molecule has 2 aliphatic rings. The lowest BCUT2D eigenvalue weighted by Gasteiger charge is -2.46. The van der Waals surface area contributed by atoms with E-state index >= 15 is 0 Å². The van der Waals surface area contributed by atoms with Crippen LogP contribution in [-0.4, -0.2) is 47.4 Å². The Morgan fingerprint density at radius 1 is 1.31 bits per heavy atom. The Morgan fingerprint density at radius 3 is 2.31 bits per heavy atom. The summed E-state index contributed by atoms with van der Waals surface area (Å²) in [4.78, 5) is 16.1.